The summed E-state index contributed by atoms with van der Waals surface area (Å²) in [5.41, 5.74) is 19.0. The third-order valence-corrected chi connectivity index (χ3v) is 12.6. The molecule has 8 aromatic carbocycles. The molecule has 0 aliphatic carbocycles. The van der Waals surface area contributed by atoms with E-state index in [0.29, 0.717) is 0 Å². The molecule has 2 aromatic heterocycles. The van der Waals surface area contributed by atoms with Crippen LogP contribution in [0.1, 0.15) is 25.0 Å². The zero-order valence-corrected chi connectivity index (χ0v) is 35.7. The number of para-hydroxylation sites is 2. The SMILES string of the molecule is CC1(C)c2cccc(-c3ccc(-c4cc(-c5ccccc5)nc(-c5ccccc5)c4)cc3)c2Oc2c(-c3ccc(-c4cc(-c5ccccc5)nc(-c5ccccc5)c4)cc3)cccc21. The lowest BCUT2D eigenvalue weighted by atomic mass is 9.74. The summed E-state index contributed by atoms with van der Waals surface area (Å²) in [5.74, 6) is 1.80. The molecule has 0 spiro atoms. The molecule has 3 nitrogen and oxygen atoms in total. The molecule has 0 fully saturated rings. The highest BCUT2D eigenvalue weighted by Crippen LogP contribution is 2.54. The smallest absolute Gasteiger partial charge is 0.139 e. The molecule has 64 heavy (non-hydrogen) atoms. The van der Waals surface area contributed by atoms with Crippen molar-refractivity contribution < 1.29 is 4.74 Å². The van der Waals surface area contributed by atoms with Gasteiger partial charge in [0.25, 0.3) is 0 Å². The van der Waals surface area contributed by atoms with Crippen molar-refractivity contribution in [2.75, 3.05) is 0 Å². The number of hydrogen-bond acceptors (Lipinski definition) is 3. The predicted molar refractivity (Wildman–Crippen MR) is 264 cm³/mol. The van der Waals surface area contributed by atoms with Crippen LogP contribution in [0.3, 0.4) is 0 Å². The van der Waals surface area contributed by atoms with E-state index in [4.69, 9.17) is 14.7 Å². The van der Waals surface area contributed by atoms with Crippen molar-refractivity contribution in [2.45, 2.75) is 19.3 Å². The summed E-state index contributed by atoms with van der Waals surface area (Å²) in [4.78, 5) is 10.2. The Morgan fingerprint density at radius 3 is 0.891 bits per heavy atom. The van der Waals surface area contributed by atoms with Gasteiger partial charge in [-0.25, -0.2) is 9.97 Å². The van der Waals surface area contributed by atoms with Gasteiger partial charge in [-0.15, -0.1) is 0 Å². The Bertz CT molecular complexity index is 2930. The Morgan fingerprint density at radius 2 is 0.578 bits per heavy atom. The predicted octanol–water partition coefficient (Wildman–Crippen LogP) is 16.2. The normalized spacial score (nSPS) is 12.5. The molecule has 0 N–H and O–H groups in total. The van der Waals surface area contributed by atoms with Crippen molar-refractivity contribution in [3.8, 4) is 101 Å². The Kier molecular flexibility index (Phi) is 9.86. The Balaban J connectivity index is 0.937. The first kappa shape index (κ1) is 38.8. The second-order valence-corrected chi connectivity index (χ2v) is 17.0. The average Bonchev–Trinajstić information content (AvgIpc) is 3.37. The second-order valence-electron chi connectivity index (χ2n) is 17.0. The lowest BCUT2D eigenvalue weighted by Gasteiger charge is -2.36. The summed E-state index contributed by atoms with van der Waals surface area (Å²) < 4.78 is 7.16. The molecule has 0 unspecified atom stereocenters. The largest absolute Gasteiger partial charge is 0.455 e. The molecule has 0 saturated heterocycles. The number of benzene rings is 8. The minimum absolute atomic E-state index is 0.299. The summed E-state index contributed by atoms with van der Waals surface area (Å²) in [6, 6.07) is 81.3. The molecule has 1 aliphatic heterocycles. The van der Waals surface area contributed by atoms with Gasteiger partial charge >= 0.3 is 0 Å². The zero-order chi connectivity index (χ0) is 43.0. The summed E-state index contributed by atoms with van der Waals surface area (Å²) in [5, 5.41) is 0. The van der Waals surface area contributed by atoms with Crippen molar-refractivity contribution in [2.24, 2.45) is 0 Å². The Morgan fingerprint density at radius 1 is 0.281 bits per heavy atom. The molecule has 1 aliphatic rings. The number of aromatic nitrogens is 2. The molecule has 304 valence electrons. The van der Waals surface area contributed by atoms with Crippen molar-refractivity contribution in [3.63, 3.8) is 0 Å². The molecule has 0 atom stereocenters. The van der Waals surface area contributed by atoms with E-state index < -0.39 is 0 Å². The van der Waals surface area contributed by atoms with Crippen LogP contribution >= 0.6 is 0 Å². The molecule has 3 heterocycles. The van der Waals surface area contributed by atoms with Crippen LogP contribution in [0, 0.1) is 0 Å². The number of pyridine rings is 2. The van der Waals surface area contributed by atoms with E-state index in [2.05, 4.69) is 220 Å². The van der Waals surface area contributed by atoms with E-state index in [1.807, 2.05) is 24.3 Å². The van der Waals surface area contributed by atoms with Gasteiger partial charge in [0.15, 0.2) is 0 Å². The molecule has 10 aromatic rings. The summed E-state index contributed by atoms with van der Waals surface area (Å²) in [6.07, 6.45) is 0. The number of hydrogen-bond donors (Lipinski definition) is 0. The van der Waals surface area contributed by atoms with E-state index >= 15 is 0 Å². The topological polar surface area (TPSA) is 35.0 Å². The summed E-state index contributed by atoms with van der Waals surface area (Å²) >= 11 is 0. The lowest BCUT2D eigenvalue weighted by molar-refractivity contribution is 0.421. The maximum Gasteiger partial charge on any atom is 0.139 e. The van der Waals surface area contributed by atoms with E-state index in [-0.39, 0.29) is 5.41 Å². The number of nitrogens with zero attached hydrogens (tertiary/aromatic N) is 2. The third-order valence-electron chi connectivity index (χ3n) is 12.6. The Labute approximate surface area is 375 Å². The number of fused-ring (bicyclic) bond motifs is 2. The molecule has 0 radical (unpaired) electrons. The van der Waals surface area contributed by atoms with Crippen molar-refractivity contribution >= 4 is 0 Å². The fraction of sp³-hybridized carbons (Fsp3) is 0.0492. The van der Waals surface area contributed by atoms with Gasteiger partial charge in [0.05, 0.1) is 22.8 Å². The quantitative estimate of drug-likeness (QED) is 0.153. The zero-order valence-electron chi connectivity index (χ0n) is 35.7. The highest BCUT2D eigenvalue weighted by molar-refractivity contribution is 5.84. The summed E-state index contributed by atoms with van der Waals surface area (Å²) in [6.45, 7) is 4.62. The summed E-state index contributed by atoms with van der Waals surface area (Å²) in [7, 11) is 0. The van der Waals surface area contributed by atoms with Crippen LogP contribution in [-0.4, -0.2) is 9.97 Å². The van der Waals surface area contributed by atoms with Crippen LogP contribution < -0.4 is 4.74 Å². The van der Waals surface area contributed by atoms with E-state index in [0.717, 1.165) is 101 Å². The molecular weight excluding hydrogens is 777 g/mol. The first-order chi connectivity index (χ1) is 31.5. The number of rotatable bonds is 8. The maximum atomic E-state index is 7.16. The third kappa shape index (κ3) is 7.27. The lowest BCUT2D eigenvalue weighted by Crippen LogP contribution is -2.25. The van der Waals surface area contributed by atoms with Gasteiger partial charge in [-0.05, 0) is 57.6 Å². The van der Waals surface area contributed by atoms with Crippen LogP contribution in [0.2, 0.25) is 0 Å². The highest BCUT2D eigenvalue weighted by atomic mass is 16.5. The van der Waals surface area contributed by atoms with Crippen LogP contribution in [0.5, 0.6) is 11.5 Å². The molecular formula is C61H44N2O. The highest BCUT2D eigenvalue weighted by Gasteiger charge is 2.37. The monoisotopic (exact) mass is 820 g/mol. The van der Waals surface area contributed by atoms with Gasteiger partial charge in [0, 0.05) is 49.9 Å². The van der Waals surface area contributed by atoms with Gasteiger partial charge < -0.3 is 4.74 Å². The van der Waals surface area contributed by atoms with Gasteiger partial charge in [0.2, 0.25) is 0 Å². The van der Waals surface area contributed by atoms with Crippen molar-refractivity contribution in [1.29, 1.82) is 0 Å². The fourth-order valence-electron chi connectivity index (χ4n) is 9.09. The molecule has 11 rings (SSSR count). The molecule has 0 saturated carbocycles. The van der Waals surface area contributed by atoms with Crippen molar-refractivity contribution in [1.82, 2.24) is 9.97 Å². The van der Waals surface area contributed by atoms with E-state index in [9.17, 15) is 0 Å². The maximum absolute atomic E-state index is 7.16. The van der Waals surface area contributed by atoms with E-state index in [1.165, 1.54) is 11.1 Å². The van der Waals surface area contributed by atoms with Crippen molar-refractivity contribution in [3.05, 3.63) is 242 Å². The molecule has 0 bridgehead atoms. The standard InChI is InChI=1S/C61H44N2O/c1-61(2)53-27-15-25-51(43-33-29-41(30-34-43)49-37-55(45-17-7-3-8-18-45)62-56(38-49)46-19-9-4-10-20-46)59(53)64-60-52(26-16-28-54(60)61)44-35-31-42(32-36-44)50-39-57(47-21-11-5-12-22-47)63-58(40-50)48-23-13-6-14-24-48/h3-40H,1-2H3. The first-order valence-electron chi connectivity index (χ1n) is 21.9. The van der Waals surface area contributed by atoms with Crippen LogP contribution in [0.4, 0.5) is 0 Å². The van der Waals surface area contributed by atoms with Gasteiger partial charge in [0.1, 0.15) is 11.5 Å². The minimum Gasteiger partial charge on any atom is -0.455 e. The van der Waals surface area contributed by atoms with Gasteiger partial charge in [-0.3, -0.25) is 0 Å². The van der Waals surface area contributed by atoms with Crippen LogP contribution in [-0.2, 0) is 5.41 Å². The first-order valence-corrected chi connectivity index (χ1v) is 21.9. The fourth-order valence-corrected chi connectivity index (χ4v) is 9.09. The van der Waals surface area contributed by atoms with Crippen LogP contribution in [0.25, 0.3) is 89.5 Å². The average molecular weight is 821 g/mol. The van der Waals surface area contributed by atoms with Crippen LogP contribution in [0.15, 0.2) is 231 Å². The van der Waals surface area contributed by atoms with Gasteiger partial charge in [-0.1, -0.05) is 220 Å². The second kappa shape index (κ2) is 16.3. The Hall–Kier alpha value is -8.14. The molecule has 0 amide bonds. The molecule has 3 heteroatoms. The van der Waals surface area contributed by atoms with E-state index in [1.54, 1.807) is 0 Å². The minimum atomic E-state index is -0.299. The van der Waals surface area contributed by atoms with Gasteiger partial charge in [-0.2, -0.15) is 0 Å². The number of ether oxygens (including phenoxy) is 1.